The Bertz CT molecular complexity index is 1250. The lowest BCUT2D eigenvalue weighted by Crippen LogP contribution is -2.49. The van der Waals surface area contributed by atoms with Gasteiger partial charge in [-0.2, -0.15) is 0 Å². The molecular formula is C23H25N5O4S2. The maximum Gasteiger partial charge on any atom is 0.349 e. The van der Waals surface area contributed by atoms with Crippen molar-refractivity contribution in [1.82, 2.24) is 20.4 Å². The number of carbonyl (C=O) groups excluding carboxylic acids is 2. The molecule has 0 bridgehead atoms. The molecule has 1 N–H and O–H groups in total. The minimum Gasteiger partial charge on any atom is -0.422 e. The van der Waals surface area contributed by atoms with E-state index in [-0.39, 0.29) is 17.4 Å². The molecule has 1 saturated heterocycles. The van der Waals surface area contributed by atoms with Gasteiger partial charge in [0.1, 0.15) is 11.1 Å². The van der Waals surface area contributed by atoms with E-state index in [1.54, 1.807) is 23.1 Å². The molecule has 0 unspecified atom stereocenters. The third-order valence-electron chi connectivity index (χ3n) is 6.15. The SMILES string of the molecule is O=C(CSc1nnc(N2CCN(C(=O)c3cc4ccccc4oc3=O)CC2)s1)NC1CCCC1. The van der Waals surface area contributed by atoms with E-state index < -0.39 is 5.63 Å². The van der Waals surface area contributed by atoms with Crippen molar-refractivity contribution >= 4 is 51.0 Å². The van der Waals surface area contributed by atoms with E-state index in [2.05, 4.69) is 20.4 Å². The fourth-order valence-corrected chi connectivity index (χ4v) is 6.04. The second-order valence-electron chi connectivity index (χ2n) is 8.45. The number of piperazine rings is 1. The number of aromatic nitrogens is 2. The van der Waals surface area contributed by atoms with Crippen LogP contribution in [0.3, 0.4) is 0 Å². The Morgan fingerprint density at radius 1 is 1.12 bits per heavy atom. The predicted octanol–water partition coefficient (Wildman–Crippen LogP) is 2.76. The number of hydrogen-bond acceptors (Lipinski definition) is 9. The zero-order chi connectivity index (χ0) is 23.5. The molecule has 0 atom stereocenters. The van der Waals surface area contributed by atoms with Gasteiger partial charge in [0.25, 0.3) is 5.91 Å². The van der Waals surface area contributed by atoms with Crippen LogP contribution >= 0.6 is 23.1 Å². The highest BCUT2D eigenvalue weighted by Crippen LogP contribution is 2.29. The molecule has 34 heavy (non-hydrogen) atoms. The molecule has 9 nitrogen and oxygen atoms in total. The Hall–Kier alpha value is -2.92. The van der Waals surface area contributed by atoms with Crippen molar-refractivity contribution in [3.63, 3.8) is 0 Å². The van der Waals surface area contributed by atoms with Gasteiger partial charge in [0.2, 0.25) is 11.0 Å². The van der Waals surface area contributed by atoms with Crippen molar-refractivity contribution in [2.75, 3.05) is 36.8 Å². The lowest BCUT2D eigenvalue weighted by molar-refractivity contribution is -0.119. The third-order valence-corrected chi connectivity index (χ3v) is 8.27. The molecule has 3 heterocycles. The summed E-state index contributed by atoms with van der Waals surface area (Å²) in [7, 11) is 0. The summed E-state index contributed by atoms with van der Waals surface area (Å²) >= 11 is 2.85. The highest BCUT2D eigenvalue weighted by molar-refractivity contribution is 8.01. The normalized spacial score (nSPS) is 16.8. The zero-order valence-electron chi connectivity index (χ0n) is 18.6. The van der Waals surface area contributed by atoms with Crippen LogP contribution in [0.1, 0.15) is 36.0 Å². The Kier molecular flexibility index (Phi) is 6.82. The highest BCUT2D eigenvalue weighted by Gasteiger charge is 2.26. The second kappa shape index (κ2) is 10.1. The molecule has 11 heteroatoms. The fraction of sp³-hybridized carbons (Fsp3) is 0.435. The molecule has 5 rings (SSSR count). The third kappa shape index (κ3) is 5.10. The van der Waals surface area contributed by atoms with E-state index in [1.165, 1.54) is 35.9 Å². The first-order valence-electron chi connectivity index (χ1n) is 11.4. The number of nitrogens with one attached hydrogen (secondary N) is 1. The number of amides is 2. The van der Waals surface area contributed by atoms with Gasteiger partial charge < -0.3 is 19.5 Å². The van der Waals surface area contributed by atoms with Crippen molar-refractivity contribution < 1.29 is 14.0 Å². The molecule has 1 saturated carbocycles. The van der Waals surface area contributed by atoms with Gasteiger partial charge in [-0.15, -0.1) is 10.2 Å². The Balaban J connectivity index is 1.15. The Morgan fingerprint density at radius 2 is 1.88 bits per heavy atom. The van der Waals surface area contributed by atoms with Crippen molar-refractivity contribution in [1.29, 1.82) is 0 Å². The molecule has 3 aromatic rings. The van der Waals surface area contributed by atoms with Gasteiger partial charge in [0, 0.05) is 37.6 Å². The molecule has 1 aliphatic carbocycles. The summed E-state index contributed by atoms with van der Waals surface area (Å²) in [4.78, 5) is 41.2. The number of hydrogen-bond donors (Lipinski definition) is 1. The van der Waals surface area contributed by atoms with E-state index in [4.69, 9.17) is 4.42 Å². The van der Waals surface area contributed by atoms with Crippen LogP contribution in [0.4, 0.5) is 5.13 Å². The lowest BCUT2D eigenvalue weighted by atomic mass is 10.1. The maximum atomic E-state index is 13.0. The van der Waals surface area contributed by atoms with Gasteiger partial charge in [-0.05, 0) is 25.0 Å². The van der Waals surface area contributed by atoms with Gasteiger partial charge >= 0.3 is 5.63 Å². The number of rotatable bonds is 6. The molecule has 2 amide bonds. The molecule has 178 valence electrons. The summed E-state index contributed by atoms with van der Waals surface area (Å²) in [6.45, 7) is 2.12. The monoisotopic (exact) mass is 499 g/mol. The van der Waals surface area contributed by atoms with E-state index in [0.29, 0.717) is 43.6 Å². The second-order valence-corrected chi connectivity index (χ2v) is 10.6. The van der Waals surface area contributed by atoms with Gasteiger partial charge in [-0.1, -0.05) is 54.1 Å². The van der Waals surface area contributed by atoms with Gasteiger partial charge in [0.15, 0.2) is 4.34 Å². The van der Waals surface area contributed by atoms with E-state index in [1.807, 2.05) is 12.1 Å². The molecular weight excluding hydrogens is 474 g/mol. The summed E-state index contributed by atoms with van der Waals surface area (Å²) in [6, 6.07) is 9.07. The quantitative estimate of drug-likeness (QED) is 0.407. The van der Waals surface area contributed by atoms with Crippen molar-refractivity contribution in [2.24, 2.45) is 0 Å². The minimum absolute atomic E-state index is 0.0407. The van der Waals surface area contributed by atoms with E-state index >= 15 is 0 Å². The van der Waals surface area contributed by atoms with Crippen LogP contribution < -0.4 is 15.8 Å². The van der Waals surface area contributed by atoms with Crippen LogP contribution in [0, 0.1) is 0 Å². The lowest BCUT2D eigenvalue weighted by Gasteiger charge is -2.34. The Morgan fingerprint density at radius 3 is 2.68 bits per heavy atom. The first kappa shape index (κ1) is 22.9. The minimum atomic E-state index is -0.617. The van der Waals surface area contributed by atoms with E-state index in [9.17, 15) is 14.4 Å². The number of carbonyl (C=O) groups is 2. The summed E-state index contributed by atoms with van der Waals surface area (Å²) in [5, 5.41) is 13.1. The summed E-state index contributed by atoms with van der Waals surface area (Å²) in [6.07, 6.45) is 4.51. The molecule has 1 aliphatic heterocycles. The largest absolute Gasteiger partial charge is 0.422 e. The topological polar surface area (TPSA) is 109 Å². The molecule has 1 aromatic carbocycles. The summed E-state index contributed by atoms with van der Waals surface area (Å²) in [5.74, 6) is 0.0572. The predicted molar refractivity (Wildman–Crippen MR) is 132 cm³/mol. The molecule has 0 radical (unpaired) electrons. The fourth-order valence-electron chi connectivity index (χ4n) is 4.34. The standard InChI is InChI=1S/C23H25N5O4S2/c29-19(24-16-6-2-3-7-16)14-33-23-26-25-22(34-23)28-11-9-27(10-12-28)20(30)17-13-15-5-1-4-8-18(15)32-21(17)31/h1,4-5,8,13,16H,2-3,6-7,9-12,14H2,(H,24,29). The van der Waals surface area contributed by atoms with Crippen LogP contribution in [0.15, 0.2) is 43.9 Å². The smallest absolute Gasteiger partial charge is 0.349 e. The average Bonchev–Trinajstić information content (AvgIpc) is 3.54. The van der Waals surface area contributed by atoms with E-state index in [0.717, 1.165) is 27.7 Å². The molecule has 0 spiro atoms. The number of benzene rings is 1. The van der Waals surface area contributed by atoms with Crippen LogP contribution in [-0.2, 0) is 4.79 Å². The maximum absolute atomic E-state index is 13.0. The molecule has 2 aliphatic rings. The number of nitrogens with zero attached hydrogens (tertiary/aromatic N) is 4. The number of thioether (sulfide) groups is 1. The van der Waals surface area contributed by atoms with Crippen LogP contribution in [0.5, 0.6) is 0 Å². The highest BCUT2D eigenvalue weighted by atomic mass is 32.2. The van der Waals surface area contributed by atoms with Crippen LogP contribution in [-0.4, -0.2) is 64.9 Å². The first-order valence-corrected chi connectivity index (χ1v) is 13.2. The Labute approximate surface area is 204 Å². The first-order chi connectivity index (χ1) is 16.6. The van der Waals surface area contributed by atoms with Gasteiger partial charge in [-0.3, -0.25) is 9.59 Å². The molecule has 2 fully saturated rings. The summed E-state index contributed by atoms with van der Waals surface area (Å²) in [5.41, 5.74) is -0.0960. The van der Waals surface area contributed by atoms with Gasteiger partial charge in [-0.25, -0.2) is 4.79 Å². The molecule has 2 aromatic heterocycles. The number of fused-ring (bicyclic) bond motifs is 1. The average molecular weight is 500 g/mol. The van der Waals surface area contributed by atoms with Crippen LogP contribution in [0.2, 0.25) is 0 Å². The van der Waals surface area contributed by atoms with Crippen molar-refractivity contribution in [3.05, 3.63) is 46.3 Å². The van der Waals surface area contributed by atoms with Gasteiger partial charge in [0.05, 0.1) is 5.75 Å². The van der Waals surface area contributed by atoms with Crippen molar-refractivity contribution in [2.45, 2.75) is 36.1 Å². The van der Waals surface area contributed by atoms with Crippen LogP contribution in [0.25, 0.3) is 11.0 Å². The summed E-state index contributed by atoms with van der Waals surface area (Å²) < 4.78 is 6.07. The zero-order valence-corrected chi connectivity index (χ0v) is 20.2. The number of anilines is 1. The van der Waals surface area contributed by atoms with Crippen molar-refractivity contribution in [3.8, 4) is 0 Å². The number of para-hydroxylation sites is 1.